The number of carbonyl (C=O) groups is 1. The molecule has 2 rings (SSSR count). The van der Waals surface area contributed by atoms with Gasteiger partial charge in [-0.1, -0.05) is 11.6 Å². The van der Waals surface area contributed by atoms with Gasteiger partial charge in [0.15, 0.2) is 11.3 Å². The molecule has 2 aromatic heterocycles. The highest BCUT2D eigenvalue weighted by Crippen LogP contribution is 2.22. The van der Waals surface area contributed by atoms with Gasteiger partial charge in [0.05, 0.1) is 0 Å². The molecular formula is C11H13ClN6O2. The lowest BCUT2D eigenvalue weighted by Gasteiger charge is -2.19. The number of halogens is 1. The molecule has 0 aliphatic heterocycles. The van der Waals surface area contributed by atoms with Crippen molar-refractivity contribution in [1.82, 2.24) is 20.2 Å². The first-order valence-electron chi connectivity index (χ1n) is 5.71. The van der Waals surface area contributed by atoms with Crippen molar-refractivity contribution in [3.05, 3.63) is 11.2 Å². The minimum Gasteiger partial charge on any atom is -0.444 e. The van der Waals surface area contributed by atoms with Crippen molar-refractivity contribution >= 4 is 40.5 Å². The van der Waals surface area contributed by atoms with Crippen molar-refractivity contribution in [2.24, 2.45) is 0 Å². The number of amides is 1. The van der Waals surface area contributed by atoms with E-state index in [2.05, 4.69) is 25.5 Å². The highest BCUT2D eigenvalue weighted by Gasteiger charge is 2.18. The molecule has 9 heteroatoms. The summed E-state index contributed by atoms with van der Waals surface area (Å²) < 4.78 is 5.13. The molecule has 2 aromatic rings. The van der Waals surface area contributed by atoms with E-state index in [1.807, 2.05) is 0 Å². The van der Waals surface area contributed by atoms with E-state index < -0.39 is 11.7 Å². The number of pyridine rings is 1. The van der Waals surface area contributed by atoms with Crippen molar-refractivity contribution in [1.29, 1.82) is 0 Å². The van der Waals surface area contributed by atoms with Gasteiger partial charge in [0.2, 0.25) is 5.95 Å². The molecule has 0 spiro atoms. The van der Waals surface area contributed by atoms with Crippen LogP contribution in [0.2, 0.25) is 5.15 Å². The first-order chi connectivity index (χ1) is 9.24. The van der Waals surface area contributed by atoms with Gasteiger partial charge in [-0.2, -0.15) is 0 Å². The van der Waals surface area contributed by atoms with Crippen LogP contribution in [0.15, 0.2) is 6.07 Å². The molecule has 0 aromatic carbocycles. The van der Waals surface area contributed by atoms with Crippen molar-refractivity contribution in [3.8, 4) is 0 Å². The topological polar surface area (TPSA) is 116 Å². The molecule has 20 heavy (non-hydrogen) atoms. The Morgan fingerprint density at radius 3 is 2.70 bits per heavy atom. The molecule has 0 unspecified atom stereocenters. The highest BCUT2D eigenvalue weighted by molar-refractivity contribution is 6.30. The van der Waals surface area contributed by atoms with Gasteiger partial charge in [0, 0.05) is 6.07 Å². The summed E-state index contributed by atoms with van der Waals surface area (Å²) in [6, 6.07) is 1.47. The van der Waals surface area contributed by atoms with Gasteiger partial charge in [-0.25, -0.2) is 14.8 Å². The monoisotopic (exact) mass is 296 g/mol. The first kappa shape index (κ1) is 14.2. The molecule has 0 radical (unpaired) electrons. The van der Waals surface area contributed by atoms with Crippen molar-refractivity contribution < 1.29 is 9.53 Å². The molecule has 8 nitrogen and oxygen atoms in total. The molecule has 0 bridgehead atoms. The largest absolute Gasteiger partial charge is 0.444 e. The summed E-state index contributed by atoms with van der Waals surface area (Å²) in [5.74, 6) is 0.115. The second kappa shape index (κ2) is 5.04. The molecule has 3 N–H and O–H groups in total. The molecule has 106 valence electrons. The van der Waals surface area contributed by atoms with E-state index in [9.17, 15) is 4.79 Å². The third-order valence-electron chi connectivity index (χ3n) is 2.05. The molecule has 0 saturated carbocycles. The van der Waals surface area contributed by atoms with Crippen molar-refractivity contribution in [2.45, 2.75) is 26.4 Å². The Labute approximate surface area is 119 Å². The van der Waals surface area contributed by atoms with Crippen LogP contribution in [0.25, 0.3) is 11.0 Å². The zero-order valence-corrected chi connectivity index (χ0v) is 11.9. The van der Waals surface area contributed by atoms with Gasteiger partial charge in [0.25, 0.3) is 0 Å². The normalized spacial score (nSPS) is 11.4. The lowest BCUT2D eigenvalue weighted by atomic mass is 10.2. The Morgan fingerprint density at radius 2 is 2.05 bits per heavy atom. The molecule has 0 aliphatic rings. The maximum absolute atomic E-state index is 11.7. The second-order valence-electron chi connectivity index (χ2n) is 4.96. The molecule has 2 heterocycles. The van der Waals surface area contributed by atoms with Gasteiger partial charge < -0.3 is 10.5 Å². The van der Waals surface area contributed by atoms with Gasteiger partial charge >= 0.3 is 6.09 Å². The SMILES string of the molecule is CC(C)(C)OC(=O)Nc1nc(Cl)cc2nc(N)nnc12. The minimum atomic E-state index is -0.674. The number of hydrogen-bond acceptors (Lipinski definition) is 7. The Hall–Kier alpha value is -2.22. The quantitative estimate of drug-likeness (QED) is 0.773. The van der Waals surface area contributed by atoms with Crippen LogP contribution in [0.5, 0.6) is 0 Å². The number of fused-ring (bicyclic) bond motifs is 1. The van der Waals surface area contributed by atoms with E-state index in [4.69, 9.17) is 22.1 Å². The van der Waals surface area contributed by atoms with Gasteiger partial charge in [0.1, 0.15) is 16.3 Å². The second-order valence-corrected chi connectivity index (χ2v) is 5.35. The van der Waals surface area contributed by atoms with E-state index in [0.717, 1.165) is 0 Å². The van der Waals surface area contributed by atoms with Gasteiger partial charge in [-0.05, 0) is 20.8 Å². The van der Waals surface area contributed by atoms with Crippen molar-refractivity contribution in [2.75, 3.05) is 11.1 Å². The predicted octanol–water partition coefficient (Wildman–Crippen LogP) is 2.00. The number of hydrogen-bond donors (Lipinski definition) is 2. The number of nitrogens with one attached hydrogen (secondary N) is 1. The number of carbonyl (C=O) groups excluding carboxylic acids is 1. The molecule has 1 amide bonds. The molecule has 0 aliphatic carbocycles. The van der Waals surface area contributed by atoms with Crippen LogP contribution in [0.1, 0.15) is 20.8 Å². The fraction of sp³-hybridized carbons (Fsp3) is 0.364. The summed E-state index contributed by atoms with van der Waals surface area (Å²) in [4.78, 5) is 19.7. The van der Waals surface area contributed by atoms with Crippen LogP contribution in [0, 0.1) is 0 Å². The van der Waals surface area contributed by atoms with E-state index in [1.165, 1.54) is 6.07 Å². The van der Waals surface area contributed by atoms with E-state index >= 15 is 0 Å². The lowest BCUT2D eigenvalue weighted by Crippen LogP contribution is -2.27. The average Bonchev–Trinajstić information content (AvgIpc) is 2.24. The number of nitrogen functional groups attached to an aromatic ring is 1. The highest BCUT2D eigenvalue weighted by atomic mass is 35.5. The molecular weight excluding hydrogens is 284 g/mol. The smallest absolute Gasteiger partial charge is 0.413 e. The number of nitrogens with zero attached hydrogens (tertiary/aromatic N) is 4. The Kier molecular flexibility index (Phi) is 3.58. The summed E-state index contributed by atoms with van der Waals surface area (Å²) in [6.07, 6.45) is -0.674. The number of ether oxygens (including phenoxy) is 1. The zero-order valence-electron chi connectivity index (χ0n) is 11.1. The summed E-state index contributed by atoms with van der Waals surface area (Å²) in [5, 5.41) is 10.1. The third kappa shape index (κ3) is 3.41. The van der Waals surface area contributed by atoms with Gasteiger partial charge in [-0.15, -0.1) is 10.2 Å². The standard InChI is InChI=1S/C11H13ClN6O2/c1-11(2,3)20-10(19)16-8-7-5(4-6(12)15-8)14-9(13)18-17-7/h4H,1-3H3,(H2,13,14,18)(H,15,16,19). The zero-order chi connectivity index (χ0) is 14.9. The minimum absolute atomic E-state index is 0.00276. The van der Waals surface area contributed by atoms with E-state index in [1.54, 1.807) is 20.8 Å². The van der Waals surface area contributed by atoms with E-state index in [0.29, 0.717) is 5.52 Å². The molecule has 0 saturated heterocycles. The summed E-state index contributed by atoms with van der Waals surface area (Å²) in [7, 11) is 0. The predicted molar refractivity (Wildman–Crippen MR) is 74.4 cm³/mol. The Balaban J connectivity index is 2.37. The number of aromatic nitrogens is 4. The summed E-state index contributed by atoms with van der Waals surface area (Å²) in [5.41, 5.74) is 5.47. The van der Waals surface area contributed by atoms with Crippen molar-refractivity contribution in [3.63, 3.8) is 0 Å². The maximum atomic E-state index is 11.7. The summed E-state index contributed by atoms with van der Waals surface area (Å²) in [6.45, 7) is 5.24. The molecule has 0 atom stereocenters. The van der Waals surface area contributed by atoms with Crippen LogP contribution in [0.3, 0.4) is 0 Å². The van der Waals surface area contributed by atoms with Crippen LogP contribution in [0.4, 0.5) is 16.6 Å². The van der Waals surface area contributed by atoms with Crippen LogP contribution >= 0.6 is 11.6 Å². The van der Waals surface area contributed by atoms with E-state index in [-0.39, 0.29) is 22.4 Å². The fourth-order valence-electron chi connectivity index (χ4n) is 1.41. The number of rotatable bonds is 1. The Morgan fingerprint density at radius 1 is 1.35 bits per heavy atom. The number of nitrogens with two attached hydrogens (primary N) is 1. The first-order valence-corrected chi connectivity index (χ1v) is 6.09. The van der Waals surface area contributed by atoms with Crippen LogP contribution in [-0.4, -0.2) is 31.9 Å². The maximum Gasteiger partial charge on any atom is 0.413 e. The molecule has 0 fully saturated rings. The Bertz CT molecular complexity index is 664. The summed E-state index contributed by atoms with van der Waals surface area (Å²) >= 11 is 5.86. The number of anilines is 2. The third-order valence-corrected chi connectivity index (χ3v) is 2.24. The van der Waals surface area contributed by atoms with Crippen LogP contribution < -0.4 is 11.1 Å². The fourth-order valence-corrected chi connectivity index (χ4v) is 1.60. The lowest BCUT2D eigenvalue weighted by molar-refractivity contribution is 0.0635. The van der Waals surface area contributed by atoms with Gasteiger partial charge in [-0.3, -0.25) is 5.32 Å². The van der Waals surface area contributed by atoms with Crippen LogP contribution in [-0.2, 0) is 4.74 Å². The average molecular weight is 297 g/mol.